The maximum absolute atomic E-state index is 12.4. The van der Waals surface area contributed by atoms with Crippen LogP contribution in [0.2, 0.25) is 0 Å². The normalized spacial score (nSPS) is 17.6. The summed E-state index contributed by atoms with van der Waals surface area (Å²) in [5, 5.41) is 2.18. The maximum Gasteiger partial charge on any atom is 0.310 e. The van der Waals surface area contributed by atoms with Crippen molar-refractivity contribution in [3.63, 3.8) is 0 Å². The Labute approximate surface area is 282 Å². The van der Waals surface area contributed by atoms with Crippen molar-refractivity contribution < 1.29 is 19.1 Å². The third-order valence-corrected chi connectivity index (χ3v) is 10.3. The molecule has 0 aliphatic carbocycles. The minimum atomic E-state index is -0.249. The van der Waals surface area contributed by atoms with Crippen LogP contribution in [0, 0.1) is 0 Å². The molecule has 250 valence electrons. The zero-order valence-electron chi connectivity index (χ0n) is 28.4. The van der Waals surface area contributed by atoms with Crippen LogP contribution in [0.5, 0.6) is 0 Å². The van der Waals surface area contributed by atoms with Crippen molar-refractivity contribution in [3.8, 4) is 11.1 Å². The van der Waals surface area contributed by atoms with Gasteiger partial charge in [0.2, 0.25) is 0 Å². The molecule has 0 N–H and O–H groups in total. The molecule has 2 fully saturated rings. The first kappa shape index (κ1) is 32.1. The van der Waals surface area contributed by atoms with Crippen molar-refractivity contribution in [1.29, 1.82) is 0 Å². The first-order valence-corrected chi connectivity index (χ1v) is 17.1. The zero-order chi connectivity index (χ0) is 33.4. The number of methoxy groups -OCH3 is 1. The molecule has 9 heteroatoms. The van der Waals surface area contributed by atoms with E-state index in [-0.39, 0.29) is 24.5 Å². The smallest absolute Gasteiger partial charge is 0.310 e. The van der Waals surface area contributed by atoms with Crippen LogP contribution in [0.25, 0.3) is 33.1 Å². The number of hydrogen-bond donors (Lipinski definition) is 0. The number of likely N-dealkylation sites (tertiary alicyclic amines) is 1. The number of esters is 1. The minimum Gasteiger partial charge on any atom is -0.469 e. The topological polar surface area (TPSA) is 81.8 Å². The molecule has 0 saturated carbocycles. The fourth-order valence-electron chi connectivity index (χ4n) is 7.53. The summed E-state index contributed by atoms with van der Waals surface area (Å²) in [6.07, 6.45) is 9.53. The van der Waals surface area contributed by atoms with E-state index >= 15 is 0 Å². The number of rotatable bonds is 8. The Morgan fingerprint density at radius 2 is 1.77 bits per heavy atom. The number of hydrogen-bond acceptors (Lipinski definition) is 6. The van der Waals surface area contributed by atoms with Gasteiger partial charge < -0.3 is 23.5 Å². The van der Waals surface area contributed by atoms with Gasteiger partial charge in [-0.15, -0.1) is 0 Å². The average molecular weight is 648 g/mol. The van der Waals surface area contributed by atoms with Crippen LogP contribution >= 0.6 is 0 Å². The van der Waals surface area contributed by atoms with Gasteiger partial charge in [-0.2, -0.15) is 0 Å². The molecule has 1 amide bonds. The summed E-state index contributed by atoms with van der Waals surface area (Å²) in [4.78, 5) is 33.6. The van der Waals surface area contributed by atoms with Crippen LogP contribution < -0.4 is 0 Å². The number of benzene rings is 2. The van der Waals surface area contributed by atoms with Gasteiger partial charge >= 0.3 is 5.97 Å². The number of aromatic nitrogens is 3. The van der Waals surface area contributed by atoms with E-state index in [1.54, 1.807) is 19.0 Å². The van der Waals surface area contributed by atoms with E-state index in [9.17, 15) is 9.59 Å². The van der Waals surface area contributed by atoms with E-state index in [1.165, 1.54) is 18.4 Å². The van der Waals surface area contributed by atoms with Gasteiger partial charge in [-0.1, -0.05) is 18.2 Å². The average Bonchev–Trinajstić information content (AvgIpc) is 3.64. The molecule has 1 atom stereocenters. The first-order chi connectivity index (χ1) is 23.3. The summed E-state index contributed by atoms with van der Waals surface area (Å²) in [5.41, 5.74) is 8.51. The monoisotopic (exact) mass is 647 g/mol. The van der Waals surface area contributed by atoms with E-state index in [2.05, 4.69) is 69.7 Å². The lowest BCUT2D eigenvalue weighted by Crippen LogP contribution is -2.33. The molecule has 2 saturated heterocycles. The van der Waals surface area contributed by atoms with Gasteiger partial charge in [-0.25, -0.2) is 4.98 Å². The van der Waals surface area contributed by atoms with Crippen molar-refractivity contribution >= 4 is 33.8 Å². The lowest BCUT2D eigenvalue weighted by atomic mass is 9.89. The predicted molar refractivity (Wildman–Crippen MR) is 188 cm³/mol. The van der Waals surface area contributed by atoms with Crippen LogP contribution in [0.3, 0.4) is 0 Å². The molecule has 0 bridgehead atoms. The molecule has 2 aromatic carbocycles. The van der Waals surface area contributed by atoms with Gasteiger partial charge in [0.25, 0.3) is 5.91 Å². The van der Waals surface area contributed by atoms with Crippen molar-refractivity contribution in [2.75, 3.05) is 40.9 Å². The van der Waals surface area contributed by atoms with E-state index in [4.69, 9.17) is 14.5 Å². The summed E-state index contributed by atoms with van der Waals surface area (Å²) in [5.74, 6) is 0.294. The number of piperidine rings is 1. The third kappa shape index (κ3) is 6.24. The van der Waals surface area contributed by atoms with Gasteiger partial charge in [0.1, 0.15) is 11.9 Å². The fourth-order valence-corrected chi connectivity index (χ4v) is 7.53. The Morgan fingerprint density at radius 1 is 0.979 bits per heavy atom. The van der Waals surface area contributed by atoms with Crippen molar-refractivity contribution in [1.82, 2.24) is 23.9 Å². The predicted octanol–water partition coefficient (Wildman–Crippen LogP) is 6.69. The lowest BCUT2D eigenvalue weighted by molar-refractivity contribution is -0.139. The number of aryl methyl sites for hydroxylation is 1. The Kier molecular flexibility index (Phi) is 9.07. The van der Waals surface area contributed by atoms with E-state index in [1.807, 2.05) is 18.3 Å². The van der Waals surface area contributed by atoms with Gasteiger partial charge in [0.05, 0.1) is 19.0 Å². The Hall–Kier alpha value is -4.47. The second kappa shape index (κ2) is 13.6. The van der Waals surface area contributed by atoms with E-state index in [0.717, 1.165) is 103 Å². The Balaban J connectivity index is 1.12. The van der Waals surface area contributed by atoms with Crippen LogP contribution in [0.15, 0.2) is 67.0 Å². The molecular formula is C39H45N5O4. The van der Waals surface area contributed by atoms with Crippen LogP contribution in [-0.2, 0) is 34.3 Å². The number of carbonyl (C=O) groups excluding carboxylic acids is 2. The molecule has 9 nitrogen and oxygen atoms in total. The second-order valence-electron chi connectivity index (χ2n) is 13.5. The molecule has 7 rings (SSSR count). The van der Waals surface area contributed by atoms with Crippen LogP contribution in [-0.4, -0.2) is 76.7 Å². The molecule has 3 aromatic heterocycles. The van der Waals surface area contributed by atoms with Crippen molar-refractivity contribution in [2.45, 2.75) is 57.2 Å². The Bertz CT molecular complexity index is 1940. The molecule has 5 aromatic rings. The number of pyridine rings is 1. The summed E-state index contributed by atoms with van der Waals surface area (Å²) in [6, 6.07) is 19.1. The van der Waals surface area contributed by atoms with E-state index < -0.39 is 0 Å². The van der Waals surface area contributed by atoms with E-state index in [0.29, 0.717) is 5.92 Å². The first-order valence-electron chi connectivity index (χ1n) is 17.1. The van der Waals surface area contributed by atoms with Gasteiger partial charge in [-0.05, 0) is 110 Å². The number of nitrogens with zero attached hydrogens (tertiary/aromatic N) is 5. The molecule has 0 radical (unpaired) electrons. The largest absolute Gasteiger partial charge is 0.469 e. The highest BCUT2D eigenvalue weighted by atomic mass is 16.5. The minimum absolute atomic E-state index is 0.0211. The number of ether oxygens (including phenoxy) is 2. The highest BCUT2D eigenvalue weighted by Gasteiger charge is 2.24. The van der Waals surface area contributed by atoms with Gasteiger partial charge in [0.15, 0.2) is 0 Å². The molecule has 2 aliphatic rings. The highest BCUT2D eigenvalue weighted by molar-refractivity contribution is 5.98. The van der Waals surface area contributed by atoms with Crippen LogP contribution in [0.4, 0.5) is 0 Å². The molecule has 48 heavy (non-hydrogen) atoms. The van der Waals surface area contributed by atoms with Gasteiger partial charge in [0, 0.05) is 68.7 Å². The number of fused-ring (bicyclic) bond motifs is 2. The quantitative estimate of drug-likeness (QED) is 0.175. The van der Waals surface area contributed by atoms with Crippen molar-refractivity contribution in [2.24, 2.45) is 7.05 Å². The standard InChI is InChI=1S/C39H45N5O4/c1-41(2)39(46)28-10-8-26(9-11-28)27-15-18-43(19-16-27)25-31-23-34-32(14-17-40-38(34)42(31)3)29-12-13-35-33(21-29)30(22-37(45)47-4)24-44(35)36-7-5-6-20-48-36/h8-14,17,21,23-24,27,36H,5-7,15-16,18-20,22,25H2,1-4H3. The third-order valence-electron chi connectivity index (χ3n) is 10.3. The summed E-state index contributed by atoms with van der Waals surface area (Å²) in [6.45, 7) is 3.66. The summed E-state index contributed by atoms with van der Waals surface area (Å²) in [7, 11) is 7.12. The zero-order valence-corrected chi connectivity index (χ0v) is 28.4. The molecule has 2 aliphatic heterocycles. The lowest BCUT2D eigenvalue weighted by Gasteiger charge is -2.32. The number of carbonyl (C=O) groups is 2. The SMILES string of the molecule is COC(=O)Cc1cn(C2CCCCO2)c2ccc(-c3ccnc4c3cc(CN3CCC(c5ccc(C(=O)N(C)C)cc5)CC3)n4C)cc12. The van der Waals surface area contributed by atoms with Crippen LogP contribution in [0.1, 0.15) is 71.4 Å². The molecular weight excluding hydrogens is 602 g/mol. The second-order valence-corrected chi connectivity index (χ2v) is 13.5. The summed E-state index contributed by atoms with van der Waals surface area (Å²) < 4.78 is 15.6. The fraction of sp³-hybridized carbons (Fsp3) is 0.410. The maximum atomic E-state index is 12.4. The van der Waals surface area contributed by atoms with Gasteiger partial charge in [-0.3, -0.25) is 14.5 Å². The number of amides is 1. The highest BCUT2D eigenvalue weighted by Crippen LogP contribution is 2.36. The molecule has 5 heterocycles. The molecule has 1 unspecified atom stereocenters. The summed E-state index contributed by atoms with van der Waals surface area (Å²) >= 11 is 0. The molecule has 0 spiro atoms. The van der Waals surface area contributed by atoms with Crippen molar-refractivity contribution in [3.05, 3.63) is 89.4 Å². The Morgan fingerprint density at radius 3 is 2.48 bits per heavy atom.